The molecule has 1 aliphatic rings. The van der Waals surface area contributed by atoms with Crippen molar-refractivity contribution in [3.8, 4) is 11.5 Å². The molecule has 0 bridgehead atoms. The zero-order chi connectivity index (χ0) is 18.0. The summed E-state index contributed by atoms with van der Waals surface area (Å²) in [5.74, 6) is -0.212. The lowest BCUT2D eigenvalue weighted by Crippen LogP contribution is -2.14. The molecular weight excluding hydrogens is 414 g/mol. The number of aromatic carboxylic acids is 1. The molecule has 0 amide bonds. The van der Waals surface area contributed by atoms with E-state index in [1.165, 1.54) is 18.2 Å². The van der Waals surface area contributed by atoms with Gasteiger partial charge in [0.15, 0.2) is 11.5 Å². The van der Waals surface area contributed by atoms with Crippen molar-refractivity contribution in [1.29, 1.82) is 0 Å². The van der Waals surface area contributed by atoms with Crippen molar-refractivity contribution < 1.29 is 27.8 Å². The van der Waals surface area contributed by atoms with Crippen molar-refractivity contribution in [3.63, 3.8) is 0 Å². The van der Waals surface area contributed by atoms with Crippen LogP contribution in [-0.2, 0) is 10.0 Å². The second-order valence-corrected chi connectivity index (χ2v) is 7.80. The van der Waals surface area contributed by atoms with Crippen LogP contribution in [0.3, 0.4) is 0 Å². The average Bonchev–Trinajstić information content (AvgIpc) is 2.79. The maximum absolute atomic E-state index is 12.5. The number of rotatable bonds is 4. The van der Waals surface area contributed by atoms with Crippen LogP contribution in [0.2, 0.25) is 0 Å². The first-order valence-electron chi connectivity index (χ1n) is 7.32. The predicted molar refractivity (Wildman–Crippen MR) is 94.0 cm³/mol. The van der Waals surface area contributed by atoms with Crippen molar-refractivity contribution in [2.24, 2.45) is 0 Å². The van der Waals surface area contributed by atoms with Crippen LogP contribution < -0.4 is 14.2 Å². The van der Waals surface area contributed by atoms with E-state index >= 15 is 0 Å². The molecule has 2 N–H and O–H groups in total. The van der Waals surface area contributed by atoms with Crippen LogP contribution in [0.1, 0.15) is 16.8 Å². The molecule has 0 aromatic heterocycles. The minimum atomic E-state index is -3.95. The normalized spacial score (nSPS) is 13.8. The number of fused-ring (bicyclic) bond motifs is 1. The van der Waals surface area contributed by atoms with Crippen molar-refractivity contribution in [2.75, 3.05) is 17.9 Å². The molecular formula is C16H14BrNO6S. The van der Waals surface area contributed by atoms with Gasteiger partial charge in [0.25, 0.3) is 10.0 Å². The molecule has 3 rings (SSSR count). The third kappa shape index (κ3) is 3.88. The fourth-order valence-electron chi connectivity index (χ4n) is 2.28. The smallest absolute Gasteiger partial charge is 0.336 e. The molecule has 0 fully saturated rings. The number of hydrogen-bond donors (Lipinski definition) is 2. The largest absolute Gasteiger partial charge is 0.490 e. The standard InChI is InChI=1S/C16H14BrNO6S/c17-13-4-3-11(9-12(13)16(19)20)25(21,22)18-10-2-5-14-15(8-10)24-7-1-6-23-14/h2-5,8-9,18H,1,6-7H2,(H,19,20). The number of halogens is 1. The van der Waals surface area contributed by atoms with Gasteiger partial charge < -0.3 is 14.6 Å². The summed E-state index contributed by atoms with van der Waals surface area (Å²) in [4.78, 5) is 11.0. The van der Waals surface area contributed by atoms with Gasteiger partial charge in [-0.1, -0.05) is 0 Å². The Hall–Kier alpha value is -2.26. The topological polar surface area (TPSA) is 102 Å². The van der Waals surface area contributed by atoms with Crippen LogP contribution >= 0.6 is 15.9 Å². The van der Waals surface area contributed by atoms with Crippen LogP contribution in [-0.4, -0.2) is 32.7 Å². The van der Waals surface area contributed by atoms with Crippen LogP contribution in [0.15, 0.2) is 45.8 Å². The summed E-state index contributed by atoms with van der Waals surface area (Å²) in [5, 5.41) is 9.13. The van der Waals surface area contributed by atoms with Gasteiger partial charge in [0, 0.05) is 17.0 Å². The number of hydrogen-bond acceptors (Lipinski definition) is 5. The zero-order valence-corrected chi connectivity index (χ0v) is 15.3. The molecule has 2 aromatic rings. The summed E-state index contributed by atoms with van der Waals surface area (Å²) in [6.45, 7) is 1.02. The molecule has 1 aliphatic heterocycles. The number of carbonyl (C=O) groups is 1. The van der Waals surface area contributed by atoms with Gasteiger partial charge in [-0.05, 0) is 46.3 Å². The van der Waals surface area contributed by atoms with Crippen molar-refractivity contribution >= 4 is 37.6 Å². The molecule has 0 saturated carbocycles. The number of sulfonamides is 1. The highest BCUT2D eigenvalue weighted by atomic mass is 79.9. The minimum Gasteiger partial charge on any atom is -0.490 e. The van der Waals surface area contributed by atoms with E-state index in [-0.39, 0.29) is 10.5 Å². The number of anilines is 1. The fraction of sp³-hybridized carbons (Fsp3) is 0.188. The summed E-state index contributed by atoms with van der Waals surface area (Å²) >= 11 is 3.09. The molecule has 0 radical (unpaired) electrons. The van der Waals surface area contributed by atoms with Gasteiger partial charge in [-0.25, -0.2) is 13.2 Å². The van der Waals surface area contributed by atoms with E-state index in [1.54, 1.807) is 12.1 Å². The Morgan fingerprint density at radius 1 is 1.08 bits per heavy atom. The quantitative estimate of drug-likeness (QED) is 0.776. The monoisotopic (exact) mass is 427 g/mol. The molecule has 0 aliphatic carbocycles. The Morgan fingerprint density at radius 3 is 2.52 bits per heavy atom. The highest BCUT2D eigenvalue weighted by molar-refractivity contribution is 9.10. The van der Waals surface area contributed by atoms with E-state index in [2.05, 4.69) is 20.7 Å². The first-order chi connectivity index (χ1) is 11.9. The second kappa shape index (κ2) is 6.93. The van der Waals surface area contributed by atoms with E-state index in [0.717, 1.165) is 12.5 Å². The SMILES string of the molecule is O=C(O)c1cc(S(=O)(=O)Nc2ccc3c(c2)OCCCO3)ccc1Br. The van der Waals surface area contributed by atoms with E-state index < -0.39 is 16.0 Å². The summed E-state index contributed by atoms with van der Waals surface area (Å²) < 4.78 is 38.8. The maximum atomic E-state index is 12.5. The predicted octanol–water partition coefficient (Wildman–Crippen LogP) is 3.11. The van der Waals surface area contributed by atoms with Gasteiger partial charge in [-0.2, -0.15) is 0 Å². The summed E-state index contributed by atoms with van der Waals surface area (Å²) in [6, 6.07) is 8.52. The molecule has 2 aromatic carbocycles. The van der Waals surface area contributed by atoms with E-state index in [1.807, 2.05) is 0 Å². The van der Waals surface area contributed by atoms with Crippen LogP contribution in [0, 0.1) is 0 Å². The lowest BCUT2D eigenvalue weighted by Gasteiger charge is -2.12. The van der Waals surface area contributed by atoms with Crippen LogP contribution in [0.4, 0.5) is 5.69 Å². The highest BCUT2D eigenvalue weighted by Crippen LogP contribution is 2.33. The fourth-order valence-corrected chi connectivity index (χ4v) is 3.77. The minimum absolute atomic E-state index is 0.137. The zero-order valence-electron chi connectivity index (χ0n) is 12.9. The van der Waals surface area contributed by atoms with E-state index in [9.17, 15) is 13.2 Å². The molecule has 0 atom stereocenters. The first kappa shape index (κ1) is 17.6. The second-order valence-electron chi connectivity index (χ2n) is 5.26. The van der Waals surface area contributed by atoms with Gasteiger partial charge >= 0.3 is 5.97 Å². The van der Waals surface area contributed by atoms with Crippen molar-refractivity contribution in [2.45, 2.75) is 11.3 Å². The average molecular weight is 428 g/mol. The third-order valence-corrected chi connectivity index (χ3v) is 5.55. The van der Waals surface area contributed by atoms with Gasteiger partial charge in [0.05, 0.1) is 29.4 Å². The molecule has 0 spiro atoms. The maximum Gasteiger partial charge on any atom is 0.336 e. The van der Waals surface area contributed by atoms with Gasteiger partial charge in [0.1, 0.15) is 0 Å². The Morgan fingerprint density at radius 2 is 1.80 bits per heavy atom. The van der Waals surface area contributed by atoms with Gasteiger partial charge in [-0.15, -0.1) is 0 Å². The van der Waals surface area contributed by atoms with E-state index in [0.29, 0.717) is 34.9 Å². The van der Waals surface area contributed by atoms with Gasteiger partial charge in [-0.3, -0.25) is 4.72 Å². The molecule has 132 valence electrons. The summed E-state index contributed by atoms with van der Waals surface area (Å²) in [6.07, 6.45) is 0.743. The lowest BCUT2D eigenvalue weighted by molar-refractivity contribution is 0.0695. The third-order valence-electron chi connectivity index (χ3n) is 3.48. The number of ether oxygens (including phenoxy) is 2. The first-order valence-corrected chi connectivity index (χ1v) is 9.60. The number of nitrogens with one attached hydrogen (secondary N) is 1. The Balaban J connectivity index is 1.90. The van der Waals surface area contributed by atoms with Crippen LogP contribution in [0.5, 0.6) is 11.5 Å². The molecule has 0 unspecified atom stereocenters. The molecule has 0 saturated heterocycles. The number of carboxylic acids is 1. The number of carboxylic acid groups (broad SMARTS) is 1. The summed E-state index contributed by atoms with van der Waals surface area (Å²) in [7, 11) is -3.95. The molecule has 9 heteroatoms. The Kier molecular flexibility index (Phi) is 4.87. The Bertz CT molecular complexity index is 928. The van der Waals surface area contributed by atoms with Gasteiger partial charge in [0.2, 0.25) is 0 Å². The van der Waals surface area contributed by atoms with Crippen molar-refractivity contribution in [3.05, 3.63) is 46.4 Å². The molecule has 25 heavy (non-hydrogen) atoms. The van der Waals surface area contributed by atoms with Crippen LogP contribution in [0.25, 0.3) is 0 Å². The summed E-state index contributed by atoms with van der Waals surface area (Å²) in [5.41, 5.74) is 0.158. The molecule has 1 heterocycles. The number of benzene rings is 2. The van der Waals surface area contributed by atoms with Crippen molar-refractivity contribution in [1.82, 2.24) is 0 Å². The molecule has 7 nitrogen and oxygen atoms in total. The lowest BCUT2D eigenvalue weighted by atomic mass is 10.2. The van der Waals surface area contributed by atoms with E-state index in [4.69, 9.17) is 14.6 Å². The Labute approximate surface area is 152 Å². The highest BCUT2D eigenvalue weighted by Gasteiger charge is 2.19.